The normalized spacial score (nSPS) is 13.6. The molecule has 0 heterocycles. The van der Waals surface area contributed by atoms with Crippen molar-refractivity contribution in [2.45, 2.75) is 38.7 Å². The highest BCUT2D eigenvalue weighted by atomic mass is 16.3. The van der Waals surface area contributed by atoms with E-state index in [4.69, 9.17) is 5.11 Å². The number of hydrogen-bond donors (Lipinski definition) is 3. The maximum absolute atomic E-state index is 11.6. The van der Waals surface area contributed by atoms with Crippen molar-refractivity contribution in [3.63, 3.8) is 0 Å². The highest BCUT2D eigenvalue weighted by molar-refractivity contribution is 5.73. The molecule has 2 atom stereocenters. The molecule has 19 heavy (non-hydrogen) atoms. The number of benzene rings is 1. The van der Waals surface area contributed by atoms with Gasteiger partial charge in [0.15, 0.2) is 0 Å². The average Bonchev–Trinajstić information content (AvgIpc) is 2.40. The van der Waals surface area contributed by atoms with Gasteiger partial charge in [-0.25, -0.2) is 4.79 Å². The summed E-state index contributed by atoms with van der Waals surface area (Å²) < 4.78 is 0. The first-order chi connectivity index (χ1) is 9.13. The van der Waals surface area contributed by atoms with E-state index in [1.807, 2.05) is 18.2 Å². The number of urea groups is 1. The minimum absolute atomic E-state index is 0.171. The third-order valence-corrected chi connectivity index (χ3v) is 3.12. The molecule has 0 aliphatic heterocycles. The Balaban J connectivity index is 2.31. The van der Waals surface area contributed by atoms with Gasteiger partial charge in [-0.3, -0.25) is 0 Å². The summed E-state index contributed by atoms with van der Waals surface area (Å²) in [6.45, 7) is 4.94. The quantitative estimate of drug-likeness (QED) is 0.707. The van der Waals surface area contributed by atoms with Crippen LogP contribution in [0.5, 0.6) is 0 Å². The van der Waals surface area contributed by atoms with Crippen LogP contribution in [-0.4, -0.2) is 30.3 Å². The number of amides is 2. The lowest BCUT2D eigenvalue weighted by Crippen LogP contribution is -2.38. The molecule has 106 valence electrons. The molecule has 0 spiro atoms. The van der Waals surface area contributed by atoms with E-state index in [9.17, 15) is 4.79 Å². The molecule has 0 saturated carbocycles. The molecule has 1 rings (SSSR count). The maximum Gasteiger partial charge on any atom is 0.314 e. The molecule has 0 radical (unpaired) electrons. The first-order valence-corrected chi connectivity index (χ1v) is 6.88. The van der Waals surface area contributed by atoms with Crippen LogP contribution >= 0.6 is 0 Å². The van der Waals surface area contributed by atoms with Crippen LogP contribution in [0.1, 0.15) is 38.2 Å². The number of aliphatic hydroxyl groups excluding tert-OH is 1. The summed E-state index contributed by atoms with van der Waals surface area (Å²) in [4.78, 5) is 11.6. The first-order valence-electron chi connectivity index (χ1n) is 6.88. The van der Waals surface area contributed by atoms with Crippen molar-refractivity contribution < 1.29 is 9.90 Å². The number of aliphatic hydroxyl groups is 1. The minimum atomic E-state index is -0.381. The van der Waals surface area contributed by atoms with E-state index in [0.29, 0.717) is 25.4 Å². The van der Waals surface area contributed by atoms with E-state index in [2.05, 4.69) is 29.7 Å². The Kier molecular flexibility index (Phi) is 6.97. The molecule has 0 aliphatic rings. The first kappa shape index (κ1) is 15.5. The lowest BCUT2D eigenvalue weighted by atomic mass is 9.97. The standard InChI is InChI=1S/C15H24N2O2/c1-3-13(14-7-5-4-6-8-14)11-17-15(19)16-10-9-12(2)18/h4-8,12-13,18H,3,9-11H2,1-2H3,(H2,16,17,19). The summed E-state index contributed by atoms with van der Waals surface area (Å²) in [5, 5.41) is 14.7. The van der Waals surface area contributed by atoms with Crippen molar-refractivity contribution >= 4 is 6.03 Å². The van der Waals surface area contributed by atoms with Crippen molar-refractivity contribution in [2.75, 3.05) is 13.1 Å². The van der Waals surface area contributed by atoms with Gasteiger partial charge in [-0.2, -0.15) is 0 Å². The molecule has 3 N–H and O–H groups in total. The van der Waals surface area contributed by atoms with Gasteiger partial charge in [0.05, 0.1) is 6.10 Å². The van der Waals surface area contributed by atoms with Crippen LogP contribution in [0.4, 0.5) is 4.79 Å². The summed E-state index contributed by atoms with van der Waals surface area (Å²) in [6, 6.07) is 10.0. The van der Waals surface area contributed by atoms with E-state index in [-0.39, 0.29) is 12.1 Å². The smallest absolute Gasteiger partial charge is 0.314 e. The molecule has 2 amide bonds. The second kappa shape index (κ2) is 8.53. The Morgan fingerprint density at radius 1 is 1.26 bits per heavy atom. The third-order valence-electron chi connectivity index (χ3n) is 3.12. The van der Waals surface area contributed by atoms with Crippen molar-refractivity contribution in [2.24, 2.45) is 0 Å². The Hall–Kier alpha value is -1.55. The zero-order valence-corrected chi connectivity index (χ0v) is 11.7. The highest BCUT2D eigenvalue weighted by Crippen LogP contribution is 2.17. The molecule has 0 fully saturated rings. The molecule has 0 aromatic heterocycles. The van der Waals surface area contributed by atoms with Gasteiger partial charge in [0.1, 0.15) is 0 Å². The average molecular weight is 264 g/mol. The zero-order chi connectivity index (χ0) is 14.1. The summed E-state index contributed by atoms with van der Waals surface area (Å²) in [5.74, 6) is 0.337. The van der Waals surface area contributed by atoms with Crippen molar-refractivity contribution in [3.05, 3.63) is 35.9 Å². The highest BCUT2D eigenvalue weighted by Gasteiger charge is 2.10. The van der Waals surface area contributed by atoms with Crippen LogP contribution in [0.15, 0.2) is 30.3 Å². The van der Waals surface area contributed by atoms with Crippen LogP contribution in [0, 0.1) is 0 Å². The van der Waals surface area contributed by atoms with Crippen LogP contribution in [-0.2, 0) is 0 Å². The van der Waals surface area contributed by atoms with Gasteiger partial charge in [0.2, 0.25) is 0 Å². The van der Waals surface area contributed by atoms with E-state index in [1.54, 1.807) is 6.92 Å². The van der Waals surface area contributed by atoms with Crippen LogP contribution in [0.3, 0.4) is 0 Å². The van der Waals surface area contributed by atoms with E-state index < -0.39 is 0 Å². The summed E-state index contributed by atoms with van der Waals surface area (Å²) >= 11 is 0. The molecule has 0 bridgehead atoms. The molecule has 1 aromatic carbocycles. The van der Waals surface area contributed by atoms with Crippen LogP contribution < -0.4 is 10.6 Å². The Morgan fingerprint density at radius 2 is 1.95 bits per heavy atom. The fourth-order valence-electron chi connectivity index (χ4n) is 1.90. The molecule has 4 nitrogen and oxygen atoms in total. The number of carbonyl (C=O) groups is 1. The fraction of sp³-hybridized carbons (Fsp3) is 0.533. The fourth-order valence-corrected chi connectivity index (χ4v) is 1.90. The number of rotatable bonds is 7. The monoisotopic (exact) mass is 264 g/mol. The molecule has 2 unspecified atom stereocenters. The van der Waals surface area contributed by atoms with E-state index in [0.717, 1.165) is 6.42 Å². The van der Waals surface area contributed by atoms with Crippen LogP contribution in [0.2, 0.25) is 0 Å². The summed E-state index contributed by atoms with van der Waals surface area (Å²) in [7, 11) is 0. The van der Waals surface area contributed by atoms with Crippen molar-refractivity contribution in [1.29, 1.82) is 0 Å². The van der Waals surface area contributed by atoms with Gasteiger partial charge in [0.25, 0.3) is 0 Å². The van der Waals surface area contributed by atoms with Gasteiger partial charge in [-0.05, 0) is 25.3 Å². The molecule has 1 aromatic rings. The van der Waals surface area contributed by atoms with Crippen LogP contribution in [0.25, 0.3) is 0 Å². The zero-order valence-electron chi connectivity index (χ0n) is 11.7. The Morgan fingerprint density at radius 3 is 2.53 bits per heavy atom. The number of carbonyl (C=O) groups excluding carboxylic acids is 1. The topological polar surface area (TPSA) is 61.4 Å². The van der Waals surface area contributed by atoms with Gasteiger partial charge in [-0.15, -0.1) is 0 Å². The van der Waals surface area contributed by atoms with E-state index >= 15 is 0 Å². The van der Waals surface area contributed by atoms with Gasteiger partial charge in [0, 0.05) is 19.0 Å². The lowest BCUT2D eigenvalue weighted by molar-refractivity contribution is 0.183. The number of nitrogens with one attached hydrogen (secondary N) is 2. The summed E-state index contributed by atoms with van der Waals surface area (Å²) in [5.41, 5.74) is 1.24. The van der Waals surface area contributed by atoms with Crippen molar-refractivity contribution in [1.82, 2.24) is 10.6 Å². The SMILES string of the molecule is CCC(CNC(=O)NCCC(C)O)c1ccccc1. The van der Waals surface area contributed by atoms with E-state index in [1.165, 1.54) is 5.56 Å². The maximum atomic E-state index is 11.6. The molecule has 0 aliphatic carbocycles. The van der Waals surface area contributed by atoms with Gasteiger partial charge < -0.3 is 15.7 Å². The van der Waals surface area contributed by atoms with Gasteiger partial charge in [-0.1, -0.05) is 37.3 Å². The molecular formula is C15H24N2O2. The van der Waals surface area contributed by atoms with Gasteiger partial charge >= 0.3 is 6.03 Å². The largest absolute Gasteiger partial charge is 0.393 e. The minimum Gasteiger partial charge on any atom is -0.393 e. The summed E-state index contributed by atoms with van der Waals surface area (Å²) in [6.07, 6.45) is 1.18. The number of hydrogen-bond acceptors (Lipinski definition) is 2. The molecular weight excluding hydrogens is 240 g/mol. The Bertz CT molecular complexity index is 366. The second-order valence-electron chi connectivity index (χ2n) is 4.79. The van der Waals surface area contributed by atoms with Crippen molar-refractivity contribution in [3.8, 4) is 0 Å². The lowest BCUT2D eigenvalue weighted by Gasteiger charge is -2.16. The predicted octanol–water partition coefficient (Wildman–Crippen LogP) is 2.25. The molecule has 0 saturated heterocycles. The molecule has 4 heteroatoms. The second-order valence-corrected chi connectivity index (χ2v) is 4.79. The third kappa shape index (κ3) is 6.25. The Labute approximate surface area is 115 Å². The predicted molar refractivity (Wildman–Crippen MR) is 77.2 cm³/mol.